The van der Waals surface area contributed by atoms with Gasteiger partial charge in [-0.25, -0.2) is 0 Å². The van der Waals surface area contributed by atoms with Crippen LogP contribution in [0.25, 0.3) is 0 Å². The van der Waals surface area contributed by atoms with Crippen molar-refractivity contribution in [1.82, 2.24) is 0 Å². The number of hydrogen-bond donors (Lipinski definition) is 2. The molecule has 0 saturated carbocycles. The van der Waals surface area contributed by atoms with E-state index in [0.29, 0.717) is 12.5 Å². The molecule has 0 amide bonds. The van der Waals surface area contributed by atoms with Crippen molar-refractivity contribution in [3.63, 3.8) is 0 Å². The first-order valence-electron chi connectivity index (χ1n) is 2.85. The summed E-state index contributed by atoms with van der Waals surface area (Å²) in [5, 5.41) is 0. The van der Waals surface area contributed by atoms with Crippen molar-refractivity contribution >= 4 is 41.4 Å². The molecule has 9 heteroatoms. The second-order valence-electron chi connectivity index (χ2n) is 1.97. The fourth-order valence-corrected chi connectivity index (χ4v) is 0. The topological polar surface area (TPSA) is 109 Å². The molecule has 82 valence electrons. The van der Waals surface area contributed by atoms with Crippen LogP contribution >= 0.6 is 0 Å². The molecular weight excluding hydrogens is 327 g/mol. The Bertz CT molecular complexity index is 232. The fraction of sp³-hybridized carbons (Fsp3) is 1.00. The first kappa shape index (κ1) is 19.2. The molecule has 0 bridgehead atoms. The first-order chi connectivity index (χ1) is 5.41. The van der Waals surface area contributed by atoms with Crippen molar-refractivity contribution < 1.29 is 25.9 Å². The van der Waals surface area contributed by atoms with E-state index in [1.54, 1.807) is 0 Å². The monoisotopic (exact) mass is 342 g/mol. The SMILES string of the molecule is CS(=O)(=O)O.CS(=O)(=O)O.[CH3][Sn][CH3]. The van der Waals surface area contributed by atoms with E-state index in [9.17, 15) is 16.8 Å². The molecule has 0 aromatic carbocycles. The molecule has 0 aromatic heterocycles. The molecular formula is C4H14O6S2Sn. The van der Waals surface area contributed by atoms with E-state index in [4.69, 9.17) is 9.11 Å². The molecule has 6 nitrogen and oxygen atoms in total. The van der Waals surface area contributed by atoms with Crippen LogP contribution in [0.15, 0.2) is 0 Å². The van der Waals surface area contributed by atoms with E-state index in [1.165, 1.54) is 0 Å². The molecule has 0 saturated heterocycles. The van der Waals surface area contributed by atoms with Gasteiger partial charge in [-0.2, -0.15) is 16.8 Å². The average Bonchev–Trinajstić information content (AvgIpc) is 1.52. The molecule has 0 spiro atoms. The summed E-state index contributed by atoms with van der Waals surface area (Å²) in [6, 6.07) is 0. The van der Waals surface area contributed by atoms with Crippen LogP contribution in [0.1, 0.15) is 0 Å². The molecule has 2 N–H and O–H groups in total. The minimum absolute atomic E-state index is 0.230. The van der Waals surface area contributed by atoms with E-state index in [0.717, 1.165) is 0 Å². The summed E-state index contributed by atoms with van der Waals surface area (Å²) in [4.78, 5) is 4.59. The van der Waals surface area contributed by atoms with Crippen molar-refractivity contribution in [2.24, 2.45) is 0 Å². The predicted molar refractivity (Wildman–Crippen MR) is 52.4 cm³/mol. The van der Waals surface area contributed by atoms with Gasteiger partial charge in [0, 0.05) is 0 Å². The molecule has 0 unspecified atom stereocenters. The maximum absolute atomic E-state index is 9.19. The number of hydrogen-bond acceptors (Lipinski definition) is 4. The quantitative estimate of drug-likeness (QED) is 0.466. The van der Waals surface area contributed by atoms with Gasteiger partial charge < -0.3 is 0 Å². The maximum atomic E-state index is 9.19. The Morgan fingerprint density at radius 3 is 0.846 bits per heavy atom. The van der Waals surface area contributed by atoms with Gasteiger partial charge in [0.2, 0.25) is 0 Å². The van der Waals surface area contributed by atoms with Crippen LogP contribution < -0.4 is 0 Å². The Labute approximate surface area is 89.4 Å². The zero-order valence-electron chi connectivity index (χ0n) is 7.84. The van der Waals surface area contributed by atoms with Gasteiger partial charge in [-0.05, 0) is 0 Å². The Balaban J connectivity index is -0.000000120. The molecule has 0 aliphatic carbocycles. The van der Waals surface area contributed by atoms with Gasteiger partial charge in [-0.1, -0.05) is 0 Å². The van der Waals surface area contributed by atoms with Crippen LogP contribution in [0.5, 0.6) is 0 Å². The molecule has 13 heavy (non-hydrogen) atoms. The van der Waals surface area contributed by atoms with Gasteiger partial charge >= 0.3 is 31.0 Å². The van der Waals surface area contributed by atoms with Gasteiger partial charge in [0.25, 0.3) is 20.2 Å². The van der Waals surface area contributed by atoms with E-state index in [2.05, 4.69) is 9.88 Å². The standard InChI is InChI=1S/2CH4O3S.2CH3.Sn/c2*1-5(2,3)4;;;/h2*1H3,(H,2,3,4);2*1H3;. The third-order valence-corrected chi connectivity index (χ3v) is 0. The third-order valence-electron chi connectivity index (χ3n) is 0. The fourth-order valence-electron chi connectivity index (χ4n) is 0. The Morgan fingerprint density at radius 1 is 0.846 bits per heavy atom. The molecule has 0 aliphatic heterocycles. The summed E-state index contributed by atoms with van der Waals surface area (Å²) in [5.41, 5.74) is 0. The van der Waals surface area contributed by atoms with E-state index >= 15 is 0 Å². The third kappa shape index (κ3) is 3720. The molecule has 0 fully saturated rings. The summed E-state index contributed by atoms with van der Waals surface area (Å²) in [5.74, 6) is 0. The normalized spacial score (nSPS) is 10.3. The van der Waals surface area contributed by atoms with Crippen molar-refractivity contribution in [3.05, 3.63) is 0 Å². The molecule has 0 aliphatic rings. The van der Waals surface area contributed by atoms with Crippen molar-refractivity contribution in [1.29, 1.82) is 0 Å². The molecule has 0 rings (SSSR count). The van der Waals surface area contributed by atoms with E-state index in [-0.39, 0.29) is 21.1 Å². The second-order valence-corrected chi connectivity index (χ2v) is 7.75. The van der Waals surface area contributed by atoms with Crippen LogP contribution in [0.3, 0.4) is 0 Å². The van der Waals surface area contributed by atoms with Gasteiger partial charge in [0.1, 0.15) is 0 Å². The summed E-state index contributed by atoms with van der Waals surface area (Å²) in [6.07, 6.45) is 1.43. The molecule has 0 atom stereocenters. The van der Waals surface area contributed by atoms with E-state index < -0.39 is 20.2 Å². The van der Waals surface area contributed by atoms with Crippen LogP contribution in [-0.4, -0.2) is 59.6 Å². The van der Waals surface area contributed by atoms with Crippen LogP contribution in [0.4, 0.5) is 0 Å². The predicted octanol–water partition coefficient (Wildman–Crippen LogP) is -0.205. The summed E-state index contributed by atoms with van der Waals surface area (Å²) < 4.78 is 51.7. The second kappa shape index (κ2) is 9.18. The molecule has 0 aromatic rings. The minimum atomic E-state index is -3.67. The Hall–Kier alpha value is 0.619. The van der Waals surface area contributed by atoms with Crippen molar-refractivity contribution in [2.75, 3.05) is 12.5 Å². The average molecular weight is 341 g/mol. The van der Waals surface area contributed by atoms with Gasteiger partial charge in [0.15, 0.2) is 0 Å². The first-order valence-corrected chi connectivity index (χ1v) is 12.3. The van der Waals surface area contributed by atoms with Crippen LogP contribution in [0, 0.1) is 0 Å². The summed E-state index contributed by atoms with van der Waals surface area (Å²) in [6.45, 7) is 0. The van der Waals surface area contributed by atoms with Crippen molar-refractivity contribution in [2.45, 2.75) is 9.88 Å². The Kier molecular flexibility index (Phi) is 13.6. The molecule has 0 heterocycles. The number of rotatable bonds is 0. The van der Waals surface area contributed by atoms with Crippen LogP contribution in [0.2, 0.25) is 9.88 Å². The van der Waals surface area contributed by atoms with Gasteiger partial charge in [-0.3, -0.25) is 9.11 Å². The van der Waals surface area contributed by atoms with Gasteiger partial charge in [-0.15, -0.1) is 0 Å². The van der Waals surface area contributed by atoms with Gasteiger partial charge in [0.05, 0.1) is 12.5 Å². The summed E-state index contributed by atoms with van der Waals surface area (Å²) in [7, 11) is -7.33. The van der Waals surface area contributed by atoms with Crippen LogP contribution in [-0.2, 0) is 20.2 Å². The zero-order chi connectivity index (χ0) is 11.7. The Morgan fingerprint density at radius 2 is 0.846 bits per heavy atom. The summed E-state index contributed by atoms with van der Waals surface area (Å²) >= 11 is 0.230. The zero-order valence-corrected chi connectivity index (χ0v) is 12.3. The molecule has 2 radical (unpaired) electrons. The van der Waals surface area contributed by atoms with E-state index in [1.807, 2.05) is 0 Å². The van der Waals surface area contributed by atoms with Crippen molar-refractivity contribution in [3.8, 4) is 0 Å².